The monoisotopic (exact) mass is 249 g/mol. The molecule has 0 amide bonds. The minimum absolute atomic E-state index is 0.0295. The molecular weight excluding hydrogens is 234 g/mol. The van der Waals surface area contributed by atoms with Crippen LogP contribution in [0.2, 0.25) is 0 Å². The van der Waals surface area contributed by atoms with Crippen molar-refractivity contribution in [3.8, 4) is 5.69 Å². The summed E-state index contributed by atoms with van der Waals surface area (Å²) in [7, 11) is 0. The molecule has 0 bridgehead atoms. The van der Waals surface area contributed by atoms with Crippen molar-refractivity contribution in [2.24, 2.45) is 0 Å². The topological polar surface area (TPSA) is 85.1 Å². The van der Waals surface area contributed by atoms with Gasteiger partial charge in [-0.05, 0) is 22.6 Å². The molecule has 2 rings (SSSR count). The molecule has 0 atom stereocenters. The van der Waals surface area contributed by atoms with E-state index in [-0.39, 0.29) is 6.61 Å². The van der Waals surface area contributed by atoms with Crippen LogP contribution in [0.15, 0.2) is 30.3 Å². The molecule has 2 N–H and O–H groups in total. The molecule has 0 spiro atoms. The Labute approximate surface area is 104 Å². The van der Waals surface area contributed by atoms with Crippen molar-refractivity contribution in [3.05, 3.63) is 30.3 Å². The summed E-state index contributed by atoms with van der Waals surface area (Å²) in [6.45, 7) is 1.43. The fourth-order valence-electron chi connectivity index (χ4n) is 1.44. The van der Waals surface area contributed by atoms with Gasteiger partial charge in [0.2, 0.25) is 5.95 Å². The largest absolute Gasteiger partial charge is 0.394 e. The van der Waals surface area contributed by atoms with E-state index < -0.39 is 0 Å². The van der Waals surface area contributed by atoms with Crippen LogP contribution in [-0.2, 0) is 4.74 Å². The maximum atomic E-state index is 8.56. The molecule has 0 saturated carbocycles. The Morgan fingerprint density at radius 1 is 1.22 bits per heavy atom. The lowest BCUT2D eigenvalue weighted by Gasteiger charge is -2.06. The van der Waals surface area contributed by atoms with Crippen LogP contribution in [0, 0.1) is 0 Å². The first kappa shape index (κ1) is 12.5. The van der Waals surface area contributed by atoms with E-state index >= 15 is 0 Å². The average Bonchev–Trinajstić information content (AvgIpc) is 2.88. The summed E-state index contributed by atoms with van der Waals surface area (Å²) in [5.74, 6) is 0.564. The Kier molecular flexibility index (Phi) is 4.62. The van der Waals surface area contributed by atoms with E-state index in [9.17, 15) is 0 Å². The normalized spacial score (nSPS) is 10.5. The second-order valence-corrected chi connectivity index (χ2v) is 3.51. The van der Waals surface area contributed by atoms with Crippen molar-refractivity contribution in [2.45, 2.75) is 0 Å². The molecule has 7 heteroatoms. The summed E-state index contributed by atoms with van der Waals surface area (Å²) in [6.07, 6.45) is 0. The Bertz CT molecular complexity index is 459. The molecule has 0 aliphatic rings. The van der Waals surface area contributed by atoms with Gasteiger partial charge in [-0.3, -0.25) is 0 Å². The first-order valence-corrected chi connectivity index (χ1v) is 5.68. The highest BCUT2D eigenvalue weighted by Crippen LogP contribution is 2.09. The van der Waals surface area contributed by atoms with Gasteiger partial charge in [-0.15, -0.1) is 0 Å². The number of tetrazole rings is 1. The summed E-state index contributed by atoms with van der Waals surface area (Å²) in [4.78, 5) is 0. The van der Waals surface area contributed by atoms with Crippen LogP contribution in [0.1, 0.15) is 0 Å². The molecule has 1 aromatic carbocycles. The second kappa shape index (κ2) is 6.67. The molecule has 0 radical (unpaired) electrons. The first-order chi connectivity index (χ1) is 8.92. The average molecular weight is 249 g/mol. The van der Waals surface area contributed by atoms with Crippen molar-refractivity contribution in [3.63, 3.8) is 0 Å². The zero-order valence-electron chi connectivity index (χ0n) is 9.86. The van der Waals surface area contributed by atoms with Crippen LogP contribution in [0.3, 0.4) is 0 Å². The molecule has 96 valence electrons. The van der Waals surface area contributed by atoms with Crippen LogP contribution in [-0.4, -0.2) is 51.7 Å². The van der Waals surface area contributed by atoms with E-state index in [1.807, 2.05) is 30.3 Å². The standard InChI is InChI=1S/C11H15N5O2/c17-7-9-18-8-6-12-11-13-14-15-16(11)10-4-2-1-3-5-10/h1-5,17H,6-9H2,(H,12,13,15). The number of benzene rings is 1. The minimum Gasteiger partial charge on any atom is -0.394 e. The molecule has 1 heterocycles. The van der Waals surface area contributed by atoms with Crippen molar-refractivity contribution in [1.29, 1.82) is 0 Å². The molecule has 18 heavy (non-hydrogen) atoms. The molecule has 0 fully saturated rings. The summed E-state index contributed by atoms with van der Waals surface area (Å²) in [5.41, 5.74) is 0.890. The Balaban J connectivity index is 1.92. The summed E-state index contributed by atoms with van der Waals surface area (Å²) < 4.78 is 6.75. The van der Waals surface area contributed by atoms with Crippen molar-refractivity contribution in [2.75, 3.05) is 31.7 Å². The van der Waals surface area contributed by atoms with Gasteiger partial charge in [0, 0.05) is 6.54 Å². The predicted molar refractivity (Wildman–Crippen MR) is 65.5 cm³/mol. The zero-order chi connectivity index (χ0) is 12.6. The number of aliphatic hydroxyl groups excluding tert-OH is 1. The number of hydrogen-bond acceptors (Lipinski definition) is 6. The summed E-state index contributed by atoms with van der Waals surface area (Å²) in [5, 5.41) is 23.1. The molecule has 0 aliphatic heterocycles. The van der Waals surface area contributed by atoms with Gasteiger partial charge >= 0.3 is 0 Å². The zero-order valence-corrected chi connectivity index (χ0v) is 9.86. The second-order valence-electron chi connectivity index (χ2n) is 3.51. The Morgan fingerprint density at radius 3 is 2.83 bits per heavy atom. The number of para-hydroxylation sites is 1. The molecule has 0 unspecified atom stereocenters. The van der Waals surface area contributed by atoms with Crippen LogP contribution in [0.5, 0.6) is 0 Å². The van der Waals surface area contributed by atoms with Gasteiger partial charge in [0.05, 0.1) is 25.5 Å². The van der Waals surface area contributed by atoms with E-state index in [0.717, 1.165) is 5.69 Å². The molecular formula is C11H15N5O2. The number of aromatic nitrogens is 4. The van der Waals surface area contributed by atoms with Crippen LogP contribution in [0.25, 0.3) is 5.69 Å². The fraction of sp³-hybridized carbons (Fsp3) is 0.364. The van der Waals surface area contributed by atoms with Crippen LogP contribution in [0.4, 0.5) is 5.95 Å². The van der Waals surface area contributed by atoms with E-state index in [2.05, 4.69) is 20.8 Å². The smallest absolute Gasteiger partial charge is 0.247 e. The van der Waals surface area contributed by atoms with E-state index in [1.54, 1.807) is 4.68 Å². The predicted octanol–water partition coefficient (Wildman–Crippen LogP) is 0.0831. The van der Waals surface area contributed by atoms with Gasteiger partial charge in [0.1, 0.15) is 0 Å². The number of anilines is 1. The van der Waals surface area contributed by atoms with Crippen LogP contribution < -0.4 is 5.32 Å². The Hall–Kier alpha value is -1.99. The lowest BCUT2D eigenvalue weighted by molar-refractivity contribution is 0.0991. The maximum absolute atomic E-state index is 8.56. The van der Waals surface area contributed by atoms with E-state index in [1.165, 1.54) is 0 Å². The number of rotatable bonds is 7. The summed E-state index contributed by atoms with van der Waals surface area (Å²) in [6, 6.07) is 9.62. The lowest BCUT2D eigenvalue weighted by atomic mass is 10.3. The molecule has 1 aromatic heterocycles. The maximum Gasteiger partial charge on any atom is 0.247 e. The van der Waals surface area contributed by atoms with Gasteiger partial charge in [0.25, 0.3) is 0 Å². The minimum atomic E-state index is 0.0295. The number of aliphatic hydroxyl groups is 1. The van der Waals surface area contributed by atoms with Crippen molar-refractivity contribution in [1.82, 2.24) is 20.2 Å². The molecule has 2 aromatic rings. The van der Waals surface area contributed by atoms with Crippen LogP contribution >= 0.6 is 0 Å². The van der Waals surface area contributed by atoms with Crippen molar-refractivity contribution < 1.29 is 9.84 Å². The van der Waals surface area contributed by atoms with Crippen molar-refractivity contribution >= 4 is 5.95 Å². The van der Waals surface area contributed by atoms with E-state index in [4.69, 9.17) is 9.84 Å². The molecule has 0 aliphatic carbocycles. The highest BCUT2D eigenvalue weighted by atomic mass is 16.5. The number of nitrogens with one attached hydrogen (secondary N) is 1. The number of hydrogen-bond donors (Lipinski definition) is 2. The number of ether oxygens (including phenoxy) is 1. The highest BCUT2D eigenvalue weighted by Gasteiger charge is 2.06. The highest BCUT2D eigenvalue weighted by molar-refractivity contribution is 5.38. The SMILES string of the molecule is OCCOCCNc1nnnn1-c1ccccc1. The number of nitrogens with zero attached hydrogens (tertiary/aromatic N) is 4. The third-order valence-corrected chi connectivity index (χ3v) is 2.24. The summed E-state index contributed by atoms with van der Waals surface area (Å²) >= 11 is 0. The van der Waals surface area contributed by atoms with E-state index in [0.29, 0.717) is 25.7 Å². The molecule has 0 saturated heterocycles. The quantitative estimate of drug-likeness (QED) is 0.676. The lowest BCUT2D eigenvalue weighted by Crippen LogP contribution is -2.14. The van der Waals surface area contributed by atoms with Gasteiger partial charge in [-0.1, -0.05) is 23.3 Å². The third kappa shape index (κ3) is 3.25. The van der Waals surface area contributed by atoms with Gasteiger partial charge in [-0.25, -0.2) is 0 Å². The van der Waals surface area contributed by atoms with Gasteiger partial charge in [0.15, 0.2) is 0 Å². The Morgan fingerprint density at radius 2 is 2.06 bits per heavy atom. The van der Waals surface area contributed by atoms with Gasteiger partial charge < -0.3 is 15.2 Å². The third-order valence-electron chi connectivity index (χ3n) is 2.24. The van der Waals surface area contributed by atoms with Gasteiger partial charge in [-0.2, -0.15) is 4.68 Å². The first-order valence-electron chi connectivity index (χ1n) is 5.68. The molecule has 7 nitrogen and oxygen atoms in total. The fourth-order valence-corrected chi connectivity index (χ4v) is 1.44.